The summed E-state index contributed by atoms with van der Waals surface area (Å²) in [7, 11) is 4.63. The number of amides is 1. The van der Waals surface area contributed by atoms with Crippen LogP contribution in [0.5, 0.6) is 17.2 Å². The average molecular weight is 365 g/mol. The molecule has 0 saturated heterocycles. The lowest BCUT2D eigenvalue weighted by molar-refractivity contribution is -0.139. The summed E-state index contributed by atoms with van der Waals surface area (Å²) in [5.74, 6) is 0.578. The van der Waals surface area contributed by atoms with Gasteiger partial charge in [0.25, 0.3) is 0 Å². The smallest absolute Gasteiger partial charge is 0.305 e. The van der Waals surface area contributed by atoms with E-state index in [0.717, 1.165) is 31.2 Å². The van der Waals surface area contributed by atoms with E-state index in [4.69, 9.17) is 19.3 Å². The SMILES string of the molecule is COc1cc(CCC(=O)NC2(CC(=O)O)CCCC2)cc(OC)c1OC. The third kappa shape index (κ3) is 4.80. The van der Waals surface area contributed by atoms with Gasteiger partial charge in [0.05, 0.1) is 33.3 Å². The van der Waals surface area contributed by atoms with Crippen LogP contribution in [0.25, 0.3) is 0 Å². The van der Waals surface area contributed by atoms with Gasteiger partial charge in [0.15, 0.2) is 11.5 Å². The van der Waals surface area contributed by atoms with Crippen molar-refractivity contribution in [2.24, 2.45) is 0 Å². The second kappa shape index (κ2) is 8.78. The molecule has 1 aromatic rings. The number of carboxylic acids is 1. The van der Waals surface area contributed by atoms with E-state index in [1.807, 2.05) is 12.1 Å². The number of rotatable bonds is 9. The molecule has 0 spiro atoms. The molecule has 1 saturated carbocycles. The number of benzene rings is 1. The Kier molecular flexibility index (Phi) is 6.71. The lowest BCUT2D eigenvalue weighted by atomic mass is 9.92. The molecule has 1 aliphatic rings. The first-order chi connectivity index (χ1) is 12.4. The van der Waals surface area contributed by atoms with Gasteiger partial charge in [-0.05, 0) is 37.0 Å². The molecule has 0 unspecified atom stereocenters. The Morgan fingerprint density at radius 2 is 1.65 bits per heavy atom. The Morgan fingerprint density at radius 1 is 1.08 bits per heavy atom. The van der Waals surface area contributed by atoms with Gasteiger partial charge in [0.2, 0.25) is 11.7 Å². The summed E-state index contributed by atoms with van der Waals surface area (Å²) in [4.78, 5) is 23.5. The van der Waals surface area contributed by atoms with Crippen molar-refractivity contribution in [2.45, 2.75) is 50.5 Å². The molecule has 1 amide bonds. The third-order valence-corrected chi connectivity index (χ3v) is 4.82. The minimum atomic E-state index is -0.878. The van der Waals surface area contributed by atoms with E-state index < -0.39 is 11.5 Å². The van der Waals surface area contributed by atoms with E-state index in [2.05, 4.69) is 5.32 Å². The van der Waals surface area contributed by atoms with E-state index in [1.165, 1.54) is 7.11 Å². The highest BCUT2D eigenvalue weighted by molar-refractivity contribution is 5.78. The normalized spacial score (nSPS) is 15.3. The van der Waals surface area contributed by atoms with Crippen LogP contribution >= 0.6 is 0 Å². The number of nitrogens with one attached hydrogen (secondary N) is 1. The summed E-state index contributed by atoms with van der Waals surface area (Å²) in [5, 5.41) is 12.1. The summed E-state index contributed by atoms with van der Waals surface area (Å²) in [6.45, 7) is 0. The van der Waals surface area contributed by atoms with Crippen molar-refractivity contribution >= 4 is 11.9 Å². The van der Waals surface area contributed by atoms with Crippen LogP contribution in [-0.2, 0) is 16.0 Å². The van der Waals surface area contributed by atoms with Gasteiger partial charge in [-0.1, -0.05) is 12.8 Å². The van der Waals surface area contributed by atoms with Crippen LogP contribution in [0.15, 0.2) is 12.1 Å². The average Bonchev–Trinajstić information content (AvgIpc) is 3.05. The van der Waals surface area contributed by atoms with Crippen molar-refractivity contribution in [3.05, 3.63) is 17.7 Å². The van der Waals surface area contributed by atoms with Crippen molar-refractivity contribution in [1.82, 2.24) is 5.32 Å². The summed E-state index contributed by atoms with van der Waals surface area (Å²) in [5.41, 5.74) is 0.284. The molecule has 0 aromatic heterocycles. The lowest BCUT2D eigenvalue weighted by Crippen LogP contribution is -2.47. The van der Waals surface area contributed by atoms with Crippen LogP contribution in [0.1, 0.15) is 44.1 Å². The molecule has 2 N–H and O–H groups in total. The first-order valence-electron chi connectivity index (χ1n) is 8.74. The molecule has 1 aromatic carbocycles. The standard InChI is InChI=1S/C19H27NO6/c1-24-14-10-13(11-15(25-2)18(14)26-3)6-7-16(21)20-19(12-17(22)23)8-4-5-9-19/h10-11H,4-9,12H2,1-3H3,(H,20,21)(H,22,23). The van der Waals surface area contributed by atoms with Gasteiger partial charge in [-0.25, -0.2) is 0 Å². The second-order valence-electron chi connectivity index (χ2n) is 6.64. The molecule has 0 aliphatic heterocycles. The number of carbonyl (C=O) groups is 2. The molecule has 7 nitrogen and oxygen atoms in total. The summed E-state index contributed by atoms with van der Waals surface area (Å²) < 4.78 is 15.9. The number of aliphatic carboxylic acids is 1. The Morgan fingerprint density at radius 3 is 2.12 bits per heavy atom. The van der Waals surface area contributed by atoms with Gasteiger partial charge >= 0.3 is 5.97 Å². The number of hydrogen-bond donors (Lipinski definition) is 2. The van der Waals surface area contributed by atoms with Crippen molar-refractivity contribution in [3.63, 3.8) is 0 Å². The highest BCUT2D eigenvalue weighted by Gasteiger charge is 2.37. The quantitative estimate of drug-likeness (QED) is 0.698. The van der Waals surface area contributed by atoms with Gasteiger partial charge in [-0.3, -0.25) is 9.59 Å². The summed E-state index contributed by atoms with van der Waals surface area (Å²) in [6, 6.07) is 3.63. The monoisotopic (exact) mass is 365 g/mol. The largest absolute Gasteiger partial charge is 0.493 e. The van der Waals surface area contributed by atoms with E-state index in [1.54, 1.807) is 14.2 Å². The van der Waals surface area contributed by atoms with Crippen molar-refractivity contribution < 1.29 is 28.9 Å². The molecule has 26 heavy (non-hydrogen) atoms. The van der Waals surface area contributed by atoms with Gasteiger partial charge < -0.3 is 24.6 Å². The highest BCUT2D eigenvalue weighted by atomic mass is 16.5. The first-order valence-corrected chi connectivity index (χ1v) is 8.74. The summed E-state index contributed by atoms with van der Waals surface area (Å²) in [6.07, 6.45) is 4.06. The zero-order valence-electron chi connectivity index (χ0n) is 15.6. The molecule has 1 fully saturated rings. The number of hydrogen-bond acceptors (Lipinski definition) is 5. The molecule has 1 aliphatic carbocycles. The minimum Gasteiger partial charge on any atom is -0.493 e. The predicted molar refractivity (Wildman–Crippen MR) is 96.0 cm³/mol. The Bertz CT molecular complexity index is 626. The molecule has 2 rings (SSSR count). The van der Waals surface area contributed by atoms with E-state index in [9.17, 15) is 9.59 Å². The van der Waals surface area contributed by atoms with Gasteiger partial charge in [-0.2, -0.15) is 0 Å². The Balaban J connectivity index is 2.03. The van der Waals surface area contributed by atoms with Crippen LogP contribution in [0.3, 0.4) is 0 Å². The van der Waals surface area contributed by atoms with E-state index in [0.29, 0.717) is 23.7 Å². The molecule has 0 bridgehead atoms. The first kappa shape index (κ1) is 19.9. The fourth-order valence-electron chi connectivity index (χ4n) is 3.58. The zero-order chi connectivity index (χ0) is 19.2. The van der Waals surface area contributed by atoms with Crippen LogP contribution < -0.4 is 19.5 Å². The number of methoxy groups -OCH3 is 3. The maximum absolute atomic E-state index is 12.4. The van der Waals surface area contributed by atoms with Crippen molar-refractivity contribution in [3.8, 4) is 17.2 Å². The van der Waals surface area contributed by atoms with Crippen molar-refractivity contribution in [1.29, 1.82) is 0 Å². The topological polar surface area (TPSA) is 94.1 Å². The van der Waals surface area contributed by atoms with Crippen LogP contribution in [-0.4, -0.2) is 43.9 Å². The summed E-state index contributed by atoms with van der Waals surface area (Å²) >= 11 is 0. The predicted octanol–water partition coefficient (Wildman–Crippen LogP) is 2.55. The molecular formula is C19H27NO6. The number of aryl methyl sites for hydroxylation is 1. The Hall–Kier alpha value is -2.44. The molecular weight excluding hydrogens is 338 g/mol. The van der Waals surface area contributed by atoms with E-state index >= 15 is 0 Å². The minimum absolute atomic E-state index is 0.0249. The number of ether oxygens (including phenoxy) is 3. The molecule has 0 radical (unpaired) electrons. The van der Waals surface area contributed by atoms with Crippen LogP contribution in [0, 0.1) is 0 Å². The maximum atomic E-state index is 12.4. The third-order valence-electron chi connectivity index (χ3n) is 4.82. The number of carbonyl (C=O) groups excluding carboxylic acids is 1. The molecule has 144 valence electrons. The van der Waals surface area contributed by atoms with Gasteiger partial charge in [-0.15, -0.1) is 0 Å². The highest BCUT2D eigenvalue weighted by Crippen LogP contribution is 2.38. The van der Waals surface area contributed by atoms with Gasteiger partial charge in [0, 0.05) is 6.42 Å². The fraction of sp³-hybridized carbons (Fsp3) is 0.579. The fourth-order valence-corrected chi connectivity index (χ4v) is 3.58. The second-order valence-corrected chi connectivity index (χ2v) is 6.64. The zero-order valence-corrected chi connectivity index (χ0v) is 15.6. The lowest BCUT2D eigenvalue weighted by Gasteiger charge is -2.28. The molecule has 0 heterocycles. The van der Waals surface area contributed by atoms with E-state index in [-0.39, 0.29) is 18.7 Å². The number of carboxylic acid groups (broad SMARTS) is 1. The van der Waals surface area contributed by atoms with Crippen LogP contribution in [0.4, 0.5) is 0 Å². The van der Waals surface area contributed by atoms with Crippen molar-refractivity contribution in [2.75, 3.05) is 21.3 Å². The van der Waals surface area contributed by atoms with Gasteiger partial charge in [0.1, 0.15) is 0 Å². The van der Waals surface area contributed by atoms with Crippen LogP contribution in [0.2, 0.25) is 0 Å². The molecule has 0 atom stereocenters. The Labute approximate surface area is 153 Å². The maximum Gasteiger partial charge on any atom is 0.305 e. The molecule has 7 heteroatoms.